The first-order chi connectivity index (χ1) is 9.33. The fraction of sp³-hybridized carbons (Fsp3) is 0.167. The van der Waals surface area contributed by atoms with E-state index < -0.39 is 34.0 Å². The van der Waals surface area contributed by atoms with Gasteiger partial charge in [-0.25, -0.2) is 17.2 Å². The lowest BCUT2D eigenvalue weighted by molar-refractivity contribution is 0.245. The van der Waals surface area contributed by atoms with E-state index in [0.29, 0.717) is 0 Å². The van der Waals surface area contributed by atoms with Gasteiger partial charge in [-0.1, -0.05) is 0 Å². The zero-order valence-corrected chi connectivity index (χ0v) is 11.2. The Labute approximate surface area is 113 Å². The summed E-state index contributed by atoms with van der Waals surface area (Å²) in [6, 6.07) is 3.54. The van der Waals surface area contributed by atoms with Crippen LogP contribution in [0.3, 0.4) is 0 Å². The van der Waals surface area contributed by atoms with Gasteiger partial charge in [-0.3, -0.25) is 4.72 Å². The van der Waals surface area contributed by atoms with Crippen LogP contribution in [0.5, 0.6) is 0 Å². The van der Waals surface area contributed by atoms with E-state index in [1.165, 1.54) is 6.92 Å². The normalized spacial score (nSPS) is 11.6. The molecule has 8 heteroatoms. The number of aliphatic hydroxyl groups excluding tert-OH is 1. The van der Waals surface area contributed by atoms with E-state index in [0.717, 1.165) is 24.3 Å². The average molecular weight is 303 g/mol. The Kier molecular flexibility index (Phi) is 3.78. The zero-order valence-electron chi connectivity index (χ0n) is 10.4. The maximum absolute atomic E-state index is 13.4. The molecule has 1 aromatic heterocycles. The summed E-state index contributed by atoms with van der Waals surface area (Å²) in [5, 5.41) is 8.89. The Bertz CT molecular complexity index is 740. The minimum atomic E-state index is -4.13. The number of furan rings is 1. The van der Waals surface area contributed by atoms with Crippen molar-refractivity contribution in [3.8, 4) is 0 Å². The number of hydrogen-bond acceptors (Lipinski definition) is 4. The van der Waals surface area contributed by atoms with Crippen molar-refractivity contribution in [1.29, 1.82) is 0 Å². The van der Waals surface area contributed by atoms with E-state index in [1.54, 1.807) is 0 Å². The Morgan fingerprint density at radius 3 is 2.60 bits per heavy atom. The van der Waals surface area contributed by atoms with E-state index >= 15 is 0 Å². The second-order valence-corrected chi connectivity index (χ2v) is 5.67. The molecule has 0 saturated carbocycles. The molecule has 0 aliphatic carbocycles. The van der Waals surface area contributed by atoms with Crippen molar-refractivity contribution < 1.29 is 26.7 Å². The van der Waals surface area contributed by atoms with Gasteiger partial charge in [0, 0.05) is 12.1 Å². The first kappa shape index (κ1) is 14.5. The minimum Gasteiger partial charge on any atom is -0.462 e. The van der Waals surface area contributed by atoms with E-state index in [2.05, 4.69) is 0 Å². The van der Waals surface area contributed by atoms with Crippen LogP contribution in [-0.2, 0) is 16.6 Å². The highest BCUT2D eigenvalue weighted by molar-refractivity contribution is 7.92. The number of nitrogens with one attached hydrogen (secondary N) is 1. The van der Waals surface area contributed by atoms with Crippen molar-refractivity contribution in [1.82, 2.24) is 0 Å². The number of benzene rings is 1. The van der Waals surface area contributed by atoms with Crippen LogP contribution in [0.4, 0.5) is 14.5 Å². The molecule has 0 saturated heterocycles. The van der Waals surface area contributed by atoms with Gasteiger partial charge in [0.15, 0.2) is 0 Å². The van der Waals surface area contributed by atoms with Crippen LogP contribution in [0.15, 0.2) is 33.6 Å². The molecule has 0 aliphatic rings. The lowest BCUT2D eigenvalue weighted by Crippen LogP contribution is -2.14. The van der Waals surface area contributed by atoms with Gasteiger partial charge in [-0.2, -0.15) is 0 Å². The molecule has 2 rings (SSSR count). The summed E-state index contributed by atoms with van der Waals surface area (Å²) >= 11 is 0. The highest BCUT2D eigenvalue weighted by atomic mass is 32.2. The quantitative estimate of drug-likeness (QED) is 0.907. The fourth-order valence-corrected chi connectivity index (χ4v) is 2.91. The number of hydrogen-bond donors (Lipinski definition) is 2. The van der Waals surface area contributed by atoms with E-state index in [-0.39, 0.29) is 16.4 Å². The van der Waals surface area contributed by atoms with Gasteiger partial charge in [-0.15, -0.1) is 0 Å². The molecule has 1 heterocycles. The molecule has 2 N–H and O–H groups in total. The average Bonchev–Trinajstić information content (AvgIpc) is 2.76. The smallest absolute Gasteiger partial charge is 0.265 e. The molecule has 0 unspecified atom stereocenters. The van der Waals surface area contributed by atoms with Gasteiger partial charge in [0.05, 0.1) is 5.69 Å². The molecule has 0 amide bonds. The third-order valence-corrected chi connectivity index (χ3v) is 4.01. The lowest BCUT2D eigenvalue weighted by atomic mass is 10.3. The highest BCUT2D eigenvalue weighted by Gasteiger charge is 2.22. The molecule has 1 aromatic carbocycles. The Morgan fingerprint density at radius 2 is 2.00 bits per heavy atom. The van der Waals surface area contributed by atoms with Crippen LogP contribution in [0.1, 0.15) is 11.5 Å². The van der Waals surface area contributed by atoms with Crippen molar-refractivity contribution in [2.75, 3.05) is 4.72 Å². The van der Waals surface area contributed by atoms with Crippen molar-refractivity contribution in [2.45, 2.75) is 18.4 Å². The Morgan fingerprint density at radius 1 is 1.30 bits per heavy atom. The first-order valence-electron chi connectivity index (χ1n) is 5.51. The maximum atomic E-state index is 13.4. The molecule has 5 nitrogen and oxygen atoms in total. The molecule has 20 heavy (non-hydrogen) atoms. The molecule has 0 aliphatic heterocycles. The third kappa shape index (κ3) is 2.81. The molecule has 0 spiro atoms. The predicted octanol–water partition coefficient (Wildman–Crippen LogP) is 2.16. The van der Waals surface area contributed by atoms with Crippen molar-refractivity contribution in [2.24, 2.45) is 0 Å². The van der Waals surface area contributed by atoms with Crippen LogP contribution in [0.2, 0.25) is 0 Å². The molecule has 0 radical (unpaired) electrons. The summed E-state index contributed by atoms with van der Waals surface area (Å²) < 4.78 is 57.5. The van der Waals surface area contributed by atoms with Crippen LogP contribution in [-0.4, -0.2) is 13.5 Å². The second kappa shape index (κ2) is 5.22. The van der Waals surface area contributed by atoms with E-state index in [1.807, 2.05) is 4.72 Å². The SMILES string of the molecule is Cc1oc(CO)cc1S(=O)(=O)Nc1cc(F)ccc1F. The number of halogens is 2. The topological polar surface area (TPSA) is 79.5 Å². The number of sulfonamides is 1. The molecule has 0 atom stereocenters. The molecule has 2 aromatic rings. The van der Waals surface area contributed by atoms with Crippen LogP contribution < -0.4 is 4.72 Å². The predicted molar refractivity (Wildman–Crippen MR) is 66.5 cm³/mol. The molecule has 0 fully saturated rings. The summed E-state index contributed by atoms with van der Waals surface area (Å²) in [5.41, 5.74) is -0.504. The number of aliphatic hydroxyl groups is 1. The summed E-state index contributed by atoms with van der Waals surface area (Å²) in [6.45, 7) is 0.917. The zero-order chi connectivity index (χ0) is 14.9. The van der Waals surface area contributed by atoms with Gasteiger partial charge >= 0.3 is 0 Å². The Hall–Kier alpha value is -1.93. The molecule has 108 valence electrons. The lowest BCUT2D eigenvalue weighted by Gasteiger charge is -2.08. The minimum absolute atomic E-state index is 0.0401. The largest absolute Gasteiger partial charge is 0.462 e. The van der Waals surface area contributed by atoms with Gasteiger partial charge < -0.3 is 9.52 Å². The highest BCUT2D eigenvalue weighted by Crippen LogP contribution is 2.24. The van der Waals surface area contributed by atoms with E-state index in [4.69, 9.17) is 9.52 Å². The maximum Gasteiger partial charge on any atom is 0.265 e. The van der Waals surface area contributed by atoms with Gasteiger partial charge in [0.1, 0.15) is 34.7 Å². The standard InChI is InChI=1S/C12H11F2NO4S/c1-7-12(5-9(6-16)19-7)20(17,18)15-11-4-8(13)2-3-10(11)14/h2-5,15-16H,6H2,1H3. The van der Waals surface area contributed by atoms with Crippen molar-refractivity contribution >= 4 is 15.7 Å². The van der Waals surface area contributed by atoms with Gasteiger partial charge in [0.2, 0.25) is 0 Å². The second-order valence-electron chi connectivity index (χ2n) is 4.02. The number of anilines is 1. The monoisotopic (exact) mass is 303 g/mol. The van der Waals surface area contributed by atoms with Gasteiger partial charge in [0.25, 0.3) is 10.0 Å². The fourth-order valence-electron chi connectivity index (χ4n) is 1.64. The van der Waals surface area contributed by atoms with Crippen molar-refractivity contribution in [3.63, 3.8) is 0 Å². The molecule has 0 bridgehead atoms. The van der Waals surface area contributed by atoms with Crippen molar-refractivity contribution in [3.05, 3.63) is 47.4 Å². The number of aryl methyl sites for hydroxylation is 1. The van der Waals surface area contributed by atoms with Gasteiger partial charge in [-0.05, 0) is 19.1 Å². The van der Waals surface area contributed by atoms with Crippen LogP contribution >= 0.6 is 0 Å². The summed E-state index contributed by atoms with van der Waals surface area (Å²) in [7, 11) is -4.13. The summed E-state index contributed by atoms with van der Waals surface area (Å²) in [6.07, 6.45) is 0. The third-order valence-electron chi connectivity index (χ3n) is 2.54. The first-order valence-corrected chi connectivity index (χ1v) is 7.00. The summed E-state index contributed by atoms with van der Waals surface area (Å²) in [5.74, 6) is -1.58. The Balaban J connectivity index is 2.40. The van der Waals surface area contributed by atoms with Crippen LogP contribution in [0.25, 0.3) is 0 Å². The summed E-state index contributed by atoms with van der Waals surface area (Å²) in [4.78, 5) is -0.245. The van der Waals surface area contributed by atoms with Crippen LogP contribution in [0, 0.1) is 18.6 Å². The number of rotatable bonds is 4. The molecular weight excluding hydrogens is 292 g/mol. The molecular formula is C12H11F2NO4S. The van der Waals surface area contributed by atoms with E-state index in [9.17, 15) is 17.2 Å².